The van der Waals surface area contributed by atoms with E-state index in [-0.39, 0.29) is 18.0 Å². The lowest BCUT2D eigenvalue weighted by molar-refractivity contribution is -0.116. The highest BCUT2D eigenvalue weighted by molar-refractivity contribution is 9.10. The van der Waals surface area contributed by atoms with Gasteiger partial charge in [0.05, 0.1) is 11.4 Å². The Kier molecular flexibility index (Phi) is 7.82. The fourth-order valence-electron chi connectivity index (χ4n) is 2.83. The van der Waals surface area contributed by atoms with Crippen LogP contribution >= 0.6 is 31.9 Å². The van der Waals surface area contributed by atoms with Crippen molar-refractivity contribution in [2.24, 2.45) is 0 Å². The Morgan fingerprint density at radius 1 is 0.833 bits per heavy atom. The van der Waals surface area contributed by atoms with Gasteiger partial charge >= 0.3 is 0 Å². The zero-order valence-electron chi connectivity index (χ0n) is 16.0. The van der Waals surface area contributed by atoms with Crippen molar-refractivity contribution in [1.82, 2.24) is 4.31 Å². The number of anilines is 1. The predicted octanol–water partition coefficient (Wildman–Crippen LogP) is 5.08. The summed E-state index contributed by atoms with van der Waals surface area (Å²) in [4.78, 5) is 12.8. The van der Waals surface area contributed by atoms with Gasteiger partial charge in [-0.1, -0.05) is 62.2 Å². The summed E-state index contributed by atoms with van der Waals surface area (Å²) in [5.41, 5.74) is 1.61. The Balaban J connectivity index is 1.79. The molecule has 0 spiro atoms. The van der Waals surface area contributed by atoms with Gasteiger partial charge in [0.2, 0.25) is 15.9 Å². The lowest BCUT2D eigenvalue weighted by Gasteiger charge is -2.22. The SMILES string of the molecule is O=C(CN(CCc1ccccc1)S(=O)(=O)c1ccc(Br)cc1)Nc1ccc(Br)cc1. The molecule has 156 valence electrons. The number of halogens is 2. The zero-order valence-corrected chi connectivity index (χ0v) is 20.0. The van der Waals surface area contributed by atoms with Gasteiger partial charge in [-0.3, -0.25) is 4.79 Å². The predicted molar refractivity (Wildman–Crippen MR) is 126 cm³/mol. The molecule has 3 aromatic rings. The van der Waals surface area contributed by atoms with Crippen LogP contribution in [0.25, 0.3) is 0 Å². The second-order valence-corrected chi connectivity index (χ2v) is 10.4. The molecule has 0 fully saturated rings. The van der Waals surface area contributed by atoms with Crippen LogP contribution in [0.3, 0.4) is 0 Å². The molecular weight excluding hydrogens is 532 g/mol. The number of carbonyl (C=O) groups excluding carboxylic acids is 1. The first-order valence-corrected chi connectivity index (χ1v) is 12.2. The summed E-state index contributed by atoms with van der Waals surface area (Å²) in [6.45, 7) is -0.0859. The lowest BCUT2D eigenvalue weighted by atomic mass is 10.1. The normalized spacial score (nSPS) is 11.4. The minimum absolute atomic E-state index is 0.148. The summed E-state index contributed by atoms with van der Waals surface area (Å²) >= 11 is 6.67. The molecule has 1 amide bonds. The Morgan fingerprint density at radius 2 is 1.40 bits per heavy atom. The molecule has 3 aromatic carbocycles. The second-order valence-electron chi connectivity index (χ2n) is 6.58. The smallest absolute Gasteiger partial charge is 0.243 e. The number of hydrogen-bond donors (Lipinski definition) is 1. The van der Waals surface area contributed by atoms with Crippen molar-refractivity contribution in [2.75, 3.05) is 18.4 Å². The highest BCUT2D eigenvalue weighted by Crippen LogP contribution is 2.20. The number of sulfonamides is 1. The molecular formula is C22H20Br2N2O3S. The number of nitrogens with zero attached hydrogens (tertiary/aromatic N) is 1. The molecule has 0 unspecified atom stereocenters. The standard InChI is InChI=1S/C22H20Br2N2O3S/c23-18-6-10-20(11-7-18)25-22(27)16-26(15-14-17-4-2-1-3-5-17)30(28,29)21-12-8-19(24)9-13-21/h1-13H,14-16H2,(H,25,27). The molecule has 8 heteroatoms. The topological polar surface area (TPSA) is 66.5 Å². The third kappa shape index (κ3) is 6.25. The molecule has 0 saturated heterocycles. The maximum absolute atomic E-state index is 13.2. The number of carbonyl (C=O) groups is 1. The largest absolute Gasteiger partial charge is 0.325 e. The summed E-state index contributed by atoms with van der Waals surface area (Å²) in [5.74, 6) is -0.397. The van der Waals surface area contributed by atoms with E-state index in [1.807, 2.05) is 30.3 Å². The van der Waals surface area contributed by atoms with Crippen LogP contribution in [0.4, 0.5) is 5.69 Å². The van der Waals surface area contributed by atoms with Crippen molar-refractivity contribution in [3.8, 4) is 0 Å². The molecule has 0 aliphatic carbocycles. The van der Waals surface area contributed by atoms with Crippen LogP contribution in [0.1, 0.15) is 5.56 Å². The average molecular weight is 552 g/mol. The summed E-state index contributed by atoms with van der Waals surface area (Å²) in [5, 5.41) is 2.76. The Morgan fingerprint density at radius 3 is 2.00 bits per heavy atom. The first kappa shape index (κ1) is 22.7. The summed E-state index contributed by atoms with van der Waals surface area (Å²) in [7, 11) is -3.84. The fourth-order valence-corrected chi connectivity index (χ4v) is 4.76. The van der Waals surface area contributed by atoms with Crippen molar-refractivity contribution >= 4 is 53.5 Å². The molecule has 0 aliphatic rings. The maximum Gasteiger partial charge on any atom is 0.243 e. The molecule has 0 atom stereocenters. The minimum atomic E-state index is -3.84. The van der Waals surface area contributed by atoms with Crippen LogP contribution in [0.5, 0.6) is 0 Å². The molecule has 30 heavy (non-hydrogen) atoms. The van der Waals surface area contributed by atoms with E-state index in [4.69, 9.17) is 0 Å². The molecule has 0 aromatic heterocycles. The molecule has 0 aliphatic heterocycles. The zero-order chi connectivity index (χ0) is 21.6. The first-order chi connectivity index (χ1) is 14.3. The van der Waals surface area contributed by atoms with Crippen LogP contribution < -0.4 is 5.32 Å². The lowest BCUT2D eigenvalue weighted by Crippen LogP contribution is -2.39. The van der Waals surface area contributed by atoms with Gasteiger partial charge in [0.25, 0.3) is 0 Å². The van der Waals surface area contributed by atoms with E-state index in [1.165, 1.54) is 16.4 Å². The average Bonchev–Trinajstić information content (AvgIpc) is 2.73. The summed E-state index contributed by atoms with van der Waals surface area (Å²) in [6, 6.07) is 23.1. The van der Waals surface area contributed by atoms with Gasteiger partial charge in [-0.15, -0.1) is 0 Å². The molecule has 0 radical (unpaired) electrons. The number of amides is 1. The van der Waals surface area contributed by atoms with Crippen molar-refractivity contribution < 1.29 is 13.2 Å². The van der Waals surface area contributed by atoms with E-state index < -0.39 is 15.9 Å². The molecule has 1 N–H and O–H groups in total. The molecule has 3 rings (SSSR count). The van der Waals surface area contributed by atoms with E-state index in [2.05, 4.69) is 37.2 Å². The monoisotopic (exact) mass is 550 g/mol. The van der Waals surface area contributed by atoms with Gasteiger partial charge < -0.3 is 5.32 Å². The van der Waals surface area contributed by atoms with E-state index in [1.54, 1.807) is 36.4 Å². The van der Waals surface area contributed by atoms with Gasteiger partial charge in [-0.2, -0.15) is 4.31 Å². The maximum atomic E-state index is 13.2. The highest BCUT2D eigenvalue weighted by atomic mass is 79.9. The van der Waals surface area contributed by atoms with Crippen molar-refractivity contribution in [3.63, 3.8) is 0 Å². The number of rotatable bonds is 8. The number of benzene rings is 3. The Labute approximate surface area is 193 Å². The minimum Gasteiger partial charge on any atom is -0.325 e. The molecule has 0 saturated carbocycles. The van der Waals surface area contributed by atoms with Gasteiger partial charge in [-0.25, -0.2) is 8.42 Å². The van der Waals surface area contributed by atoms with Gasteiger partial charge in [0, 0.05) is 21.2 Å². The van der Waals surface area contributed by atoms with Crippen LogP contribution in [0, 0.1) is 0 Å². The van der Waals surface area contributed by atoms with E-state index in [0.717, 1.165) is 14.5 Å². The molecule has 0 bridgehead atoms. The molecule has 5 nitrogen and oxygen atoms in total. The van der Waals surface area contributed by atoms with Gasteiger partial charge in [0.1, 0.15) is 0 Å². The number of nitrogens with one attached hydrogen (secondary N) is 1. The van der Waals surface area contributed by atoms with Crippen LogP contribution in [0.2, 0.25) is 0 Å². The summed E-state index contributed by atoms with van der Waals surface area (Å²) < 4.78 is 29.3. The fraction of sp³-hybridized carbons (Fsp3) is 0.136. The summed E-state index contributed by atoms with van der Waals surface area (Å²) in [6.07, 6.45) is 0.502. The molecule has 0 heterocycles. The van der Waals surface area contributed by atoms with Gasteiger partial charge in [-0.05, 0) is 60.5 Å². The highest BCUT2D eigenvalue weighted by Gasteiger charge is 2.26. The van der Waals surface area contributed by atoms with Crippen molar-refractivity contribution in [1.29, 1.82) is 0 Å². The first-order valence-electron chi connectivity index (χ1n) is 9.20. The van der Waals surface area contributed by atoms with E-state index in [0.29, 0.717) is 12.1 Å². The number of hydrogen-bond acceptors (Lipinski definition) is 3. The quantitative estimate of drug-likeness (QED) is 0.424. The van der Waals surface area contributed by atoms with E-state index >= 15 is 0 Å². The van der Waals surface area contributed by atoms with Crippen LogP contribution in [-0.4, -0.2) is 31.7 Å². The third-order valence-corrected chi connectivity index (χ3v) is 7.31. The van der Waals surface area contributed by atoms with Crippen LogP contribution in [-0.2, 0) is 21.2 Å². The third-order valence-electron chi connectivity index (χ3n) is 4.39. The van der Waals surface area contributed by atoms with Gasteiger partial charge in [0.15, 0.2) is 0 Å². The van der Waals surface area contributed by atoms with Crippen molar-refractivity contribution in [2.45, 2.75) is 11.3 Å². The van der Waals surface area contributed by atoms with Crippen molar-refractivity contribution in [3.05, 3.63) is 93.4 Å². The Bertz CT molecular complexity index is 1090. The van der Waals surface area contributed by atoms with E-state index in [9.17, 15) is 13.2 Å². The van der Waals surface area contributed by atoms with Crippen LogP contribution in [0.15, 0.2) is 92.7 Å². The second kappa shape index (κ2) is 10.3. The Hall–Kier alpha value is -2.00.